The van der Waals surface area contributed by atoms with Crippen molar-refractivity contribution >= 4 is 28.5 Å². The Bertz CT molecular complexity index is 1680. The maximum Gasteiger partial charge on any atom is 0.246 e. The van der Waals surface area contributed by atoms with E-state index in [1.54, 1.807) is 22.8 Å². The smallest absolute Gasteiger partial charge is 0.246 e. The number of hydrogen-bond donors (Lipinski definition) is 2. The van der Waals surface area contributed by atoms with Crippen LogP contribution in [0.15, 0.2) is 73.3 Å². The SMILES string of the molecule is CC(C)[C@@H]1CC[C@@H](C)C[C@H]1OCC(=O)NCCC(=O)NCCN(C)C(=O)Cn1cc(-c2ccc(-c3cncc4ccccc34)cc2)cn1. The lowest BCUT2D eigenvalue weighted by molar-refractivity contribution is -0.132. The zero-order valence-corrected chi connectivity index (χ0v) is 28.5. The Balaban J connectivity index is 0.995. The minimum absolute atomic E-state index is 0.0168. The molecule has 0 aliphatic heterocycles. The van der Waals surface area contributed by atoms with E-state index >= 15 is 0 Å². The first-order valence-corrected chi connectivity index (χ1v) is 17.0. The third-order valence-corrected chi connectivity index (χ3v) is 9.39. The van der Waals surface area contributed by atoms with Gasteiger partial charge in [-0.3, -0.25) is 24.0 Å². The van der Waals surface area contributed by atoms with Gasteiger partial charge in [-0.25, -0.2) is 0 Å². The molecule has 3 atom stereocenters. The van der Waals surface area contributed by atoms with E-state index in [1.807, 2.05) is 42.9 Å². The summed E-state index contributed by atoms with van der Waals surface area (Å²) in [6, 6.07) is 16.5. The van der Waals surface area contributed by atoms with Crippen LogP contribution in [-0.2, 0) is 25.7 Å². The standard InChI is InChI=1S/C38H48N6O4/c1-26(2)32-14-9-27(3)19-35(32)48-25-37(46)40-16-15-36(45)41-17-18-43(4)38(47)24-44-23-31(21-42-44)28-10-12-29(13-11-28)34-22-39-20-30-7-5-6-8-33(30)34/h5-8,10-13,20-23,26-27,32,35H,9,14-19,24-25H2,1-4H3,(H,40,46)(H,41,45)/t27-,32+,35-/m1/s1. The number of nitrogens with one attached hydrogen (secondary N) is 2. The van der Waals surface area contributed by atoms with Crippen molar-refractivity contribution in [2.45, 2.75) is 59.1 Å². The molecule has 0 bridgehead atoms. The Labute approximate surface area is 283 Å². The van der Waals surface area contributed by atoms with E-state index in [-0.39, 0.29) is 49.9 Å². The average Bonchev–Trinajstić information content (AvgIpc) is 3.55. The van der Waals surface area contributed by atoms with E-state index in [1.165, 1.54) is 6.42 Å². The highest BCUT2D eigenvalue weighted by Crippen LogP contribution is 2.35. The van der Waals surface area contributed by atoms with Gasteiger partial charge in [-0.1, -0.05) is 75.7 Å². The van der Waals surface area contributed by atoms with E-state index in [2.05, 4.69) is 65.8 Å². The molecular weight excluding hydrogens is 604 g/mol. The molecule has 0 radical (unpaired) electrons. The minimum Gasteiger partial charge on any atom is -0.368 e. The first-order valence-electron chi connectivity index (χ1n) is 17.0. The lowest BCUT2D eigenvalue weighted by atomic mass is 9.75. The Morgan fingerprint density at radius 1 is 0.938 bits per heavy atom. The molecule has 3 amide bonds. The Morgan fingerprint density at radius 3 is 2.48 bits per heavy atom. The molecule has 2 N–H and O–H groups in total. The highest BCUT2D eigenvalue weighted by Gasteiger charge is 2.31. The predicted octanol–water partition coefficient (Wildman–Crippen LogP) is 5.32. The molecule has 1 aliphatic rings. The number of carbonyl (C=O) groups is 3. The number of amides is 3. The number of carbonyl (C=O) groups excluding carboxylic acids is 3. The molecule has 48 heavy (non-hydrogen) atoms. The number of fused-ring (bicyclic) bond motifs is 1. The summed E-state index contributed by atoms with van der Waals surface area (Å²) in [5.74, 6) is 1.11. The summed E-state index contributed by atoms with van der Waals surface area (Å²) in [5.41, 5.74) is 4.08. The van der Waals surface area contributed by atoms with Crippen LogP contribution >= 0.6 is 0 Å². The second kappa shape index (κ2) is 16.5. The highest BCUT2D eigenvalue weighted by molar-refractivity contribution is 5.95. The highest BCUT2D eigenvalue weighted by atomic mass is 16.5. The molecule has 1 aliphatic carbocycles. The fourth-order valence-electron chi connectivity index (χ4n) is 6.48. The van der Waals surface area contributed by atoms with Crippen molar-refractivity contribution in [1.29, 1.82) is 0 Å². The number of hydrogen-bond acceptors (Lipinski definition) is 6. The first kappa shape index (κ1) is 34.8. The summed E-state index contributed by atoms with van der Waals surface area (Å²) >= 11 is 0. The third-order valence-electron chi connectivity index (χ3n) is 9.39. The van der Waals surface area contributed by atoms with Gasteiger partial charge in [0.1, 0.15) is 13.2 Å². The monoisotopic (exact) mass is 652 g/mol. The van der Waals surface area contributed by atoms with Gasteiger partial charge in [-0.15, -0.1) is 0 Å². The fourth-order valence-corrected chi connectivity index (χ4v) is 6.48. The Kier molecular flexibility index (Phi) is 11.9. The molecule has 0 saturated heterocycles. The molecule has 2 aromatic heterocycles. The number of pyridine rings is 1. The van der Waals surface area contributed by atoms with Crippen LogP contribution in [0.3, 0.4) is 0 Å². The number of ether oxygens (including phenoxy) is 1. The number of nitrogens with zero attached hydrogens (tertiary/aromatic N) is 4. The van der Waals surface area contributed by atoms with Gasteiger partial charge in [0.25, 0.3) is 0 Å². The van der Waals surface area contributed by atoms with E-state index < -0.39 is 0 Å². The maximum atomic E-state index is 12.8. The Morgan fingerprint density at radius 2 is 1.69 bits per heavy atom. The van der Waals surface area contributed by atoms with Crippen molar-refractivity contribution in [3.8, 4) is 22.3 Å². The number of benzene rings is 2. The van der Waals surface area contributed by atoms with Crippen molar-refractivity contribution in [3.05, 3.63) is 73.3 Å². The van der Waals surface area contributed by atoms with Crippen LogP contribution in [0, 0.1) is 17.8 Å². The van der Waals surface area contributed by atoms with Gasteiger partial charge in [0.2, 0.25) is 17.7 Å². The second-order valence-corrected chi connectivity index (χ2v) is 13.4. The average molecular weight is 653 g/mol. The lowest BCUT2D eigenvalue weighted by Crippen LogP contribution is -2.39. The van der Waals surface area contributed by atoms with Gasteiger partial charge in [0.15, 0.2) is 0 Å². The topological polar surface area (TPSA) is 118 Å². The molecule has 2 aromatic carbocycles. The van der Waals surface area contributed by atoms with Crippen LogP contribution in [0.5, 0.6) is 0 Å². The number of rotatable bonds is 14. The summed E-state index contributed by atoms with van der Waals surface area (Å²) < 4.78 is 7.62. The normalized spacial score (nSPS) is 17.7. The summed E-state index contributed by atoms with van der Waals surface area (Å²) in [4.78, 5) is 43.4. The predicted molar refractivity (Wildman–Crippen MR) is 188 cm³/mol. The van der Waals surface area contributed by atoms with Crippen molar-refractivity contribution in [3.63, 3.8) is 0 Å². The van der Waals surface area contributed by atoms with E-state index in [9.17, 15) is 14.4 Å². The van der Waals surface area contributed by atoms with Crippen LogP contribution in [0.1, 0.15) is 46.5 Å². The van der Waals surface area contributed by atoms with E-state index in [4.69, 9.17) is 4.74 Å². The second-order valence-electron chi connectivity index (χ2n) is 13.4. The number of likely N-dealkylation sites (N-methyl/N-ethyl adjacent to an activating group) is 1. The quantitative estimate of drug-likeness (QED) is 0.190. The van der Waals surface area contributed by atoms with Gasteiger partial charge in [-0.2, -0.15) is 5.10 Å². The molecule has 4 aromatic rings. The molecule has 1 saturated carbocycles. The van der Waals surface area contributed by atoms with Crippen LogP contribution in [-0.4, -0.2) is 76.8 Å². The van der Waals surface area contributed by atoms with Gasteiger partial charge in [0, 0.05) is 68.2 Å². The third kappa shape index (κ3) is 9.28. The summed E-state index contributed by atoms with van der Waals surface area (Å²) in [5, 5.41) is 12.3. The zero-order chi connectivity index (χ0) is 34.0. The molecule has 1 fully saturated rings. The van der Waals surface area contributed by atoms with Crippen molar-refractivity contribution in [2.24, 2.45) is 17.8 Å². The lowest BCUT2D eigenvalue weighted by Gasteiger charge is -2.37. The molecule has 10 heteroatoms. The summed E-state index contributed by atoms with van der Waals surface area (Å²) in [7, 11) is 1.71. The van der Waals surface area contributed by atoms with Gasteiger partial charge >= 0.3 is 0 Å². The molecule has 0 unspecified atom stereocenters. The van der Waals surface area contributed by atoms with Crippen LogP contribution in [0.25, 0.3) is 33.0 Å². The molecular formula is C38H48N6O4. The molecule has 2 heterocycles. The fraction of sp³-hybridized carbons (Fsp3) is 0.447. The number of aromatic nitrogens is 3. The van der Waals surface area contributed by atoms with Crippen LogP contribution in [0.4, 0.5) is 0 Å². The maximum absolute atomic E-state index is 12.8. The summed E-state index contributed by atoms with van der Waals surface area (Å²) in [6.07, 6.45) is 11.0. The zero-order valence-electron chi connectivity index (χ0n) is 28.5. The molecule has 0 spiro atoms. The van der Waals surface area contributed by atoms with Gasteiger partial charge < -0.3 is 20.3 Å². The molecule has 254 valence electrons. The van der Waals surface area contributed by atoms with Crippen molar-refractivity contribution < 1.29 is 19.1 Å². The largest absolute Gasteiger partial charge is 0.368 e. The summed E-state index contributed by atoms with van der Waals surface area (Å²) in [6.45, 7) is 7.69. The van der Waals surface area contributed by atoms with Gasteiger partial charge in [-0.05, 0) is 47.1 Å². The molecule has 10 nitrogen and oxygen atoms in total. The minimum atomic E-state index is -0.203. The van der Waals surface area contributed by atoms with Gasteiger partial charge in [0.05, 0.1) is 12.3 Å². The molecule has 5 rings (SSSR count). The van der Waals surface area contributed by atoms with Crippen LogP contribution < -0.4 is 10.6 Å². The van der Waals surface area contributed by atoms with Crippen molar-refractivity contribution in [1.82, 2.24) is 30.3 Å². The van der Waals surface area contributed by atoms with Crippen molar-refractivity contribution in [2.75, 3.05) is 33.3 Å². The first-order chi connectivity index (χ1) is 23.2. The van der Waals surface area contributed by atoms with Crippen LogP contribution in [0.2, 0.25) is 0 Å². The Hall–Kier alpha value is -4.57. The van der Waals surface area contributed by atoms with E-state index in [0.717, 1.165) is 45.9 Å². The van der Waals surface area contributed by atoms with E-state index in [0.29, 0.717) is 30.8 Å².